The van der Waals surface area contributed by atoms with Gasteiger partial charge in [0.2, 0.25) is 0 Å². The van der Waals surface area contributed by atoms with Crippen molar-refractivity contribution in [2.24, 2.45) is 0 Å². The molecule has 20 heavy (non-hydrogen) atoms. The van der Waals surface area contributed by atoms with Gasteiger partial charge in [-0.1, -0.05) is 29.3 Å². The summed E-state index contributed by atoms with van der Waals surface area (Å²) in [5, 5.41) is 19.2. The molecule has 0 saturated carbocycles. The van der Waals surface area contributed by atoms with Gasteiger partial charge in [-0.25, -0.2) is 9.59 Å². The molecule has 0 aliphatic carbocycles. The van der Waals surface area contributed by atoms with Crippen LogP contribution in [0.15, 0.2) is 18.2 Å². The van der Waals surface area contributed by atoms with Crippen molar-refractivity contribution in [1.29, 1.82) is 0 Å². The molecule has 0 atom stereocenters. The molecule has 0 amide bonds. The second kappa shape index (κ2) is 10.4. The van der Waals surface area contributed by atoms with Crippen LogP contribution in [-0.2, 0) is 20.9 Å². The Balaban J connectivity index is 0.000000511. The Hall–Kier alpha value is -1.34. The van der Waals surface area contributed by atoms with Gasteiger partial charge < -0.3 is 20.3 Å². The predicted octanol–water partition coefficient (Wildman–Crippen LogP) is 1.88. The lowest BCUT2D eigenvalue weighted by Crippen LogP contribution is -2.18. The predicted molar refractivity (Wildman–Crippen MR) is 75.3 cm³/mol. The number of carboxylic acid groups (broad SMARTS) is 2. The molecule has 0 saturated heterocycles. The van der Waals surface area contributed by atoms with Crippen LogP contribution in [-0.4, -0.2) is 42.4 Å². The van der Waals surface area contributed by atoms with Crippen molar-refractivity contribution < 1.29 is 24.5 Å². The number of ether oxygens (including phenoxy) is 1. The van der Waals surface area contributed by atoms with E-state index in [0.29, 0.717) is 16.7 Å². The zero-order valence-corrected chi connectivity index (χ0v) is 12.2. The van der Waals surface area contributed by atoms with Crippen LogP contribution in [0.1, 0.15) is 5.56 Å². The maximum absolute atomic E-state index is 9.10. The summed E-state index contributed by atoms with van der Waals surface area (Å²) in [5.74, 6) is -3.65. The summed E-state index contributed by atoms with van der Waals surface area (Å²) < 4.78 is 4.91. The summed E-state index contributed by atoms with van der Waals surface area (Å²) in [4.78, 5) is 18.2. The third kappa shape index (κ3) is 8.71. The number of carboxylic acids is 2. The fourth-order valence-corrected chi connectivity index (χ4v) is 1.38. The fraction of sp³-hybridized carbons (Fsp3) is 0.333. The summed E-state index contributed by atoms with van der Waals surface area (Å²) in [7, 11) is 1.68. The quantitative estimate of drug-likeness (QED) is 0.565. The number of hydrogen-bond acceptors (Lipinski definition) is 4. The molecular weight excluding hydrogens is 309 g/mol. The maximum Gasteiger partial charge on any atom is 0.414 e. The maximum atomic E-state index is 9.10. The van der Waals surface area contributed by atoms with Crippen molar-refractivity contribution >= 4 is 35.1 Å². The van der Waals surface area contributed by atoms with E-state index in [1.165, 1.54) is 0 Å². The van der Waals surface area contributed by atoms with Crippen molar-refractivity contribution in [1.82, 2.24) is 5.32 Å². The van der Waals surface area contributed by atoms with Gasteiger partial charge in [0.25, 0.3) is 0 Å². The Kier molecular flexibility index (Phi) is 9.75. The van der Waals surface area contributed by atoms with Crippen LogP contribution in [0.25, 0.3) is 0 Å². The van der Waals surface area contributed by atoms with Crippen LogP contribution in [0, 0.1) is 0 Å². The minimum atomic E-state index is -1.82. The molecular formula is C12H15Cl2NO5. The van der Waals surface area contributed by atoms with Crippen LogP contribution in [0.5, 0.6) is 0 Å². The molecule has 0 fully saturated rings. The highest BCUT2D eigenvalue weighted by molar-refractivity contribution is 6.42. The molecule has 0 radical (unpaired) electrons. The van der Waals surface area contributed by atoms with Crippen molar-refractivity contribution in [3.8, 4) is 0 Å². The molecule has 0 spiro atoms. The summed E-state index contributed by atoms with van der Waals surface area (Å²) >= 11 is 11.7. The third-order valence-electron chi connectivity index (χ3n) is 1.98. The molecule has 6 nitrogen and oxygen atoms in total. The number of nitrogens with one attached hydrogen (secondary N) is 1. The zero-order chi connectivity index (χ0) is 15.5. The van der Waals surface area contributed by atoms with Crippen LogP contribution in [0.2, 0.25) is 10.0 Å². The summed E-state index contributed by atoms with van der Waals surface area (Å²) in [6.45, 7) is 2.32. The second-order valence-corrected chi connectivity index (χ2v) is 4.34. The van der Waals surface area contributed by atoms with Gasteiger partial charge in [0.05, 0.1) is 16.7 Å². The summed E-state index contributed by atoms with van der Waals surface area (Å²) in [5.41, 5.74) is 1.12. The summed E-state index contributed by atoms with van der Waals surface area (Å²) in [6.07, 6.45) is 0. The van der Waals surface area contributed by atoms with Gasteiger partial charge in [-0.05, 0) is 17.7 Å². The highest BCUT2D eigenvalue weighted by Crippen LogP contribution is 2.22. The first-order valence-electron chi connectivity index (χ1n) is 5.48. The Morgan fingerprint density at radius 1 is 1.20 bits per heavy atom. The van der Waals surface area contributed by atoms with E-state index in [9.17, 15) is 0 Å². The third-order valence-corrected chi connectivity index (χ3v) is 2.72. The average molecular weight is 324 g/mol. The van der Waals surface area contributed by atoms with Gasteiger partial charge >= 0.3 is 11.9 Å². The largest absolute Gasteiger partial charge is 0.473 e. The van der Waals surface area contributed by atoms with E-state index in [1.807, 2.05) is 12.1 Å². The van der Waals surface area contributed by atoms with E-state index in [0.717, 1.165) is 18.7 Å². The highest BCUT2D eigenvalue weighted by atomic mass is 35.5. The SMILES string of the molecule is COCCNCc1ccc(Cl)c(Cl)c1.O=C(O)C(=O)O. The van der Waals surface area contributed by atoms with Crippen LogP contribution in [0.3, 0.4) is 0 Å². The van der Waals surface area contributed by atoms with E-state index in [1.54, 1.807) is 13.2 Å². The first-order valence-corrected chi connectivity index (χ1v) is 6.23. The molecule has 1 aromatic rings. The lowest BCUT2D eigenvalue weighted by molar-refractivity contribution is -0.159. The van der Waals surface area contributed by atoms with Gasteiger partial charge in [0.1, 0.15) is 0 Å². The number of methoxy groups -OCH3 is 1. The minimum Gasteiger partial charge on any atom is -0.473 e. The Bertz CT molecular complexity index is 441. The van der Waals surface area contributed by atoms with E-state index in [-0.39, 0.29) is 0 Å². The van der Waals surface area contributed by atoms with Crippen LogP contribution in [0.4, 0.5) is 0 Å². The van der Waals surface area contributed by atoms with Crippen LogP contribution < -0.4 is 5.32 Å². The molecule has 0 bridgehead atoms. The summed E-state index contributed by atoms with van der Waals surface area (Å²) in [6, 6.07) is 5.62. The highest BCUT2D eigenvalue weighted by Gasteiger charge is 2.04. The zero-order valence-electron chi connectivity index (χ0n) is 10.7. The topological polar surface area (TPSA) is 95.9 Å². The lowest BCUT2D eigenvalue weighted by atomic mass is 10.2. The monoisotopic (exact) mass is 323 g/mol. The van der Waals surface area contributed by atoms with E-state index < -0.39 is 11.9 Å². The smallest absolute Gasteiger partial charge is 0.414 e. The second-order valence-electron chi connectivity index (χ2n) is 3.53. The van der Waals surface area contributed by atoms with Crippen molar-refractivity contribution in [2.45, 2.75) is 6.54 Å². The van der Waals surface area contributed by atoms with Gasteiger partial charge in [-0.15, -0.1) is 0 Å². The number of aliphatic carboxylic acids is 2. The van der Waals surface area contributed by atoms with Gasteiger partial charge in [0.15, 0.2) is 0 Å². The number of benzene rings is 1. The van der Waals surface area contributed by atoms with Crippen LogP contribution >= 0.6 is 23.2 Å². The number of hydrogen-bond donors (Lipinski definition) is 3. The molecule has 3 N–H and O–H groups in total. The number of halogens is 2. The Labute approximate surface area is 126 Å². The molecule has 1 aromatic carbocycles. The molecule has 112 valence electrons. The molecule has 0 heterocycles. The van der Waals surface area contributed by atoms with Crippen molar-refractivity contribution in [3.63, 3.8) is 0 Å². The van der Waals surface area contributed by atoms with Gasteiger partial charge in [-0.2, -0.15) is 0 Å². The van der Waals surface area contributed by atoms with E-state index in [2.05, 4.69) is 5.32 Å². The molecule has 0 aliphatic heterocycles. The average Bonchev–Trinajstić information content (AvgIpc) is 2.39. The van der Waals surface area contributed by atoms with E-state index >= 15 is 0 Å². The van der Waals surface area contributed by atoms with Gasteiger partial charge in [0, 0.05) is 20.2 Å². The Morgan fingerprint density at radius 3 is 2.25 bits per heavy atom. The normalized spacial score (nSPS) is 9.55. The first-order chi connectivity index (χ1) is 9.38. The fourth-order valence-electron chi connectivity index (χ4n) is 1.06. The van der Waals surface area contributed by atoms with Gasteiger partial charge in [-0.3, -0.25) is 0 Å². The molecule has 0 aliphatic rings. The Morgan fingerprint density at radius 2 is 1.80 bits per heavy atom. The first kappa shape index (κ1) is 18.7. The molecule has 8 heteroatoms. The number of rotatable bonds is 5. The van der Waals surface area contributed by atoms with Crippen molar-refractivity contribution in [2.75, 3.05) is 20.3 Å². The molecule has 0 unspecified atom stereocenters. The molecule has 1 rings (SSSR count). The lowest BCUT2D eigenvalue weighted by Gasteiger charge is -2.05. The van der Waals surface area contributed by atoms with Crippen molar-refractivity contribution in [3.05, 3.63) is 33.8 Å². The number of carbonyl (C=O) groups is 2. The van der Waals surface area contributed by atoms with E-state index in [4.69, 9.17) is 47.7 Å². The molecule has 0 aromatic heterocycles. The minimum absolute atomic E-state index is 0.590. The standard InChI is InChI=1S/C10H13Cl2NO.C2H2O4/c1-14-5-4-13-7-8-2-3-9(11)10(12)6-8;3-1(4)2(5)6/h2-3,6,13H,4-5,7H2,1H3;(H,3,4)(H,5,6).